The van der Waals surface area contributed by atoms with Crippen molar-refractivity contribution in [2.24, 2.45) is 11.1 Å². The minimum Gasteiger partial charge on any atom is -0.487 e. The summed E-state index contributed by atoms with van der Waals surface area (Å²) >= 11 is 12.3. The second-order valence-electron chi connectivity index (χ2n) is 5.44. The third-order valence-electron chi connectivity index (χ3n) is 4.56. The van der Waals surface area contributed by atoms with E-state index in [1.165, 1.54) is 25.7 Å². The first kappa shape index (κ1) is 12.6. The van der Waals surface area contributed by atoms with Gasteiger partial charge >= 0.3 is 0 Å². The first-order valence-electron chi connectivity index (χ1n) is 6.50. The van der Waals surface area contributed by atoms with Crippen LogP contribution < -0.4 is 10.5 Å². The summed E-state index contributed by atoms with van der Waals surface area (Å²) in [7, 11) is 0. The van der Waals surface area contributed by atoms with Crippen molar-refractivity contribution in [1.29, 1.82) is 0 Å². The molecule has 0 heterocycles. The van der Waals surface area contributed by atoms with E-state index < -0.39 is 0 Å². The minimum atomic E-state index is 0.169. The van der Waals surface area contributed by atoms with E-state index in [1.807, 2.05) is 18.2 Å². The van der Waals surface area contributed by atoms with Crippen LogP contribution in [0.25, 0.3) is 0 Å². The smallest absolute Gasteiger partial charge is 0.156 e. The van der Waals surface area contributed by atoms with Crippen LogP contribution in [0.15, 0.2) is 18.2 Å². The molecule has 1 aromatic rings. The highest BCUT2D eigenvalue weighted by molar-refractivity contribution is 6.37. The fourth-order valence-corrected chi connectivity index (χ4v) is 3.89. The fraction of sp³-hybridized carbons (Fsp3) is 0.571. The molecule has 4 heteroatoms. The molecule has 2 nitrogen and oxygen atoms in total. The predicted molar refractivity (Wildman–Crippen MR) is 74.4 cm³/mol. The van der Waals surface area contributed by atoms with Crippen molar-refractivity contribution in [3.05, 3.63) is 28.2 Å². The SMILES string of the molecule is NC1CC(Oc2c(Cl)cccc2Cl)C12CCCC2. The predicted octanol–water partition coefficient (Wildman–Crippen LogP) is 4.03. The summed E-state index contributed by atoms with van der Waals surface area (Å²) in [6.07, 6.45) is 5.92. The Labute approximate surface area is 117 Å². The molecule has 3 rings (SSSR count). The highest BCUT2D eigenvalue weighted by Crippen LogP contribution is 2.54. The zero-order chi connectivity index (χ0) is 12.8. The molecule has 2 aliphatic rings. The standard InChI is InChI=1S/C14H17Cl2NO/c15-9-4-3-5-10(16)13(9)18-12-8-11(17)14(12)6-1-2-7-14/h3-5,11-12H,1-2,6-8,17H2. The quantitative estimate of drug-likeness (QED) is 0.890. The lowest BCUT2D eigenvalue weighted by molar-refractivity contribution is -0.0619. The monoisotopic (exact) mass is 285 g/mol. The van der Waals surface area contributed by atoms with Gasteiger partial charge in [-0.2, -0.15) is 0 Å². The van der Waals surface area contributed by atoms with Crippen molar-refractivity contribution in [2.45, 2.75) is 44.2 Å². The van der Waals surface area contributed by atoms with E-state index in [9.17, 15) is 0 Å². The lowest BCUT2D eigenvalue weighted by Crippen LogP contribution is -2.62. The number of rotatable bonds is 2. The van der Waals surface area contributed by atoms with E-state index in [1.54, 1.807) is 0 Å². The van der Waals surface area contributed by atoms with Crippen LogP contribution in [-0.4, -0.2) is 12.1 Å². The van der Waals surface area contributed by atoms with E-state index in [0.29, 0.717) is 15.8 Å². The summed E-state index contributed by atoms with van der Waals surface area (Å²) < 4.78 is 6.08. The summed E-state index contributed by atoms with van der Waals surface area (Å²) in [5, 5.41) is 1.16. The summed E-state index contributed by atoms with van der Waals surface area (Å²) in [6.45, 7) is 0. The normalized spacial score (nSPS) is 29.3. The van der Waals surface area contributed by atoms with Gasteiger partial charge < -0.3 is 10.5 Å². The van der Waals surface area contributed by atoms with Gasteiger partial charge in [-0.15, -0.1) is 0 Å². The van der Waals surface area contributed by atoms with Gasteiger partial charge in [-0.1, -0.05) is 42.1 Å². The van der Waals surface area contributed by atoms with Gasteiger partial charge in [-0.3, -0.25) is 0 Å². The van der Waals surface area contributed by atoms with Crippen molar-refractivity contribution in [2.75, 3.05) is 0 Å². The van der Waals surface area contributed by atoms with Crippen molar-refractivity contribution in [3.63, 3.8) is 0 Å². The number of hydrogen-bond donors (Lipinski definition) is 1. The highest BCUT2D eigenvalue weighted by atomic mass is 35.5. The van der Waals surface area contributed by atoms with Crippen LogP contribution >= 0.6 is 23.2 Å². The molecule has 0 saturated heterocycles. The van der Waals surface area contributed by atoms with E-state index in [-0.39, 0.29) is 17.6 Å². The van der Waals surface area contributed by atoms with Crippen LogP contribution in [0.4, 0.5) is 0 Å². The number of nitrogens with two attached hydrogens (primary N) is 1. The number of ether oxygens (including phenoxy) is 1. The molecule has 0 radical (unpaired) electrons. The zero-order valence-electron chi connectivity index (χ0n) is 10.2. The van der Waals surface area contributed by atoms with Crippen molar-refractivity contribution in [1.82, 2.24) is 0 Å². The topological polar surface area (TPSA) is 35.2 Å². The lowest BCUT2D eigenvalue weighted by Gasteiger charge is -2.52. The number of hydrogen-bond acceptors (Lipinski definition) is 2. The second kappa shape index (κ2) is 4.59. The van der Waals surface area contributed by atoms with Gasteiger partial charge in [0, 0.05) is 17.9 Å². The van der Waals surface area contributed by atoms with Gasteiger partial charge in [-0.25, -0.2) is 0 Å². The van der Waals surface area contributed by atoms with Crippen LogP contribution in [0.1, 0.15) is 32.1 Å². The Bertz CT molecular complexity index is 437. The lowest BCUT2D eigenvalue weighted by atomic mass is 9.61. The van der Waals surface area contributed by atoms with E-state index in [0.717, 1.165) is 6.42 Å². The van der Waals surface area contributed by atoms with E-state index in [4.69, 9.17) is 33.7 Å². The minimum absolute atomic E-state index is 0.169. The maximum absolute atomic E-state index is 6.19. The van der Waals surface area contributed by atoms with Crippen LogP contribution in [-0.2, 0) is 0 Å². The molecule has 18 heavy (non-hydrogen) atoms. The van der Waals surface area contributed by atoms with Crippen LogP contribution in [0.2, 0.25) is 10.0 Å². The fourth-order valence-electron chi connectivity index (χ4n) is 3.41. The van der Waals surface area contributed by atoms with Gasteiger partial charge in [0.25, 0.3) is 0 Å². The summed E-state index contributed by atoms with van der Waals surface area (Å²) in [6, 6.07) is 5.71. The Morgan fingerprint density at radius 2 is 1.78 bits per heavy atom. The molecule has 2 atom stereocenters. The van der Waals surface area contributed by atoms with Crippen molar-refractivity contribution < 1.29 is 4.74 Å². The van der Waals surface area contributed by atoms with Crippen LogP contribution in [0, 0.1) is 5.41 Å². The molecular formula is C14H17Cl2NO. The van der Waals surface area contributed by atoms with Gasteiger partial charge in [0.15, 0.2) is 5.75 Å². The third kappa shape index (κ3) is 1.82. The first-order chi connectivity index (χ1) is 8.63. The first-order valence-corrected chi connectivity index (χ1v) is 7.25. The number of para-hydroxylation sites is 1. The van der Waals surface area contributed by atoms with Crippen molar-refractivity contribution >= 4 is 23.2 Å². The van der Waals surface area contributed by atoms with E-state index >= 15 is 0 Å². The summed E-state index contributed by atoms with van der Waals surface area (Å²) in [4.78, 5) is 0. The Morgan fingerprint density at radius 3 is 2.33 bits per heavy atom. The van der Waals surface area contributed by atoms with Gasteiger partial charge in [0.05, 0.1) is 10.0 Å². The summed E-state index contributed by atoms with van der Waals surface area (Å²) in [5.74, 6) is 0.615. The van der Waals surface area contributed by atoms with Gasteiger partial charge in [0.1, 0.15) is 6.10 Å². The van der Waals surface area contributed by atoms with Crippen molar-refractivity contribution in [3.8, 4) is 5.75 Å². The van der Waals surface area contributed by atoms with Gasteiger partial charge in [-0.05, 0) is 25.0 Å². The van der Waals surface area contributed by atoms with Crippen LogP contribution in [0.5, 0.6) is 5.75 Å². The molecule has 2 fully saturated rings. The molecule has 2 N–H and O–H groups in total. The largest absolute Gasteiger partial charge is 0.487 e. The Morgan fingerprint density at radius 1 is 1.17 bits per heavy atom. The molecule has 0 bridgehead atoms. The molecule has 1 aromatic carbocycles. The molecule has 2 saturated carbocycles. The maximum atomic E-state index is 6.19. The average molecular weight is 286 g/mol. The highest BCUT2D eigenvalue weighted by Gasteiger charge is 2.56. The second-order valence-corrected chi connectivity index (χ2v) is 6.25. The van der Waals surface area contributed by atoms with E-state index in [2.05, 4.69) is 0 Å². The third-order valence-corrected chi connectivity index (χ3v) is 5.16. The molecule has 2 unspecified atom stereocenters. The Hall–Kier alpha value is -0.440. The maximum Gasteiger partial charge on any atom is 0.156 e. The number of halogens is 2. The molecule has 98 valence electrons. The molecule has 0 aliphatic heterocycles. The summed E-state index contributed by atoms with van der Waals surface area (Å²) in [5.41, 5.74) is 6.36. The molecular weight excluding hydrogens is 269 g/mol. The molecule has 0 amide bonds. The number of benzene rings is 1. The molecule has 1 spiro atoms. The molecule has 0 aromatic heterocycles. The van der Waals surface area contributed by atoms with Gasteiger partial charge in [0.2, 0.25) is 0 Å². The Kier molecular flexibility index (Phi) is 3.21. The van der Waals surface area contributed by atoms with Crippen LogP contribution in [0.3, 0.4) is 0 Å². The average Bonchev–Trinajstić information content (AvgIpc) is 2.84. The molecule has 2 aliphatic carbocycles. The zero-order valence-corrected chi connectivity index (χ0v) is 11.7. The Balaban J connectivity index is 1.81.